The van der Waals surface area contributed by atoms with E-state index in [9.17, 15) is 0 Å². The third-order valence-corrected chi connectivity index (χ3v) is 4.29. The van der Waals surface area contributed by atoms with Gasteiger partial charge in [-0.2, -0.15) is 0 Å². The topological polar surface area (TPSA) is 16.4 Å². The van der Waals surface area contributed by atoms with Gasteiger partial charge in [0.1, 0.15) is 5.58 Å². The SMILES string of the molecule is C1=CCC2=C3c4oc5ccccc5c4C=CN3C=CC2=C1. The minimum Gasteiger partial charge on any atom is -0.454 e. The summed E-state index contributed by atoms with van der Waals surface area (Å²) in [6, 6.07) is 8.24. The van der Waals surface area contributed by atoms with Crippen LogP contribution in [0.2, 0.25) is 0 Å². The summed E-state index contributed by atoms with van der Waals surface area (Å²) in [5.74, 6) is 0.985. The normalized spacial score (nSPS) is 18.7. The Kier molecular flexibility index (Phi) is 2.03. The Labute approximate surface area is 122 Å². The van der Waals surface area contributed by atoms with Gasteiger partial charge in [-0.3, -0.25) is 0 Å². The summed E-state index contributed by atoms with van der Waals surface area (Å²) in [5.41, 5.74) is 5.94. The van der Waals surface area contributed by atoms with Crippen molar-refractivity contribution in [2.24, 2.45) is 0 Å². The highest BCUT2D eigenvalue weighted by atomic mass is 16.3. The van der Waals surface area contributed by atoms with Crippen LogP contribution >= 0.6 is 0 Å². The highest BCUT2D eigenvalue weighted by Gasteiger charge is 2.28. The van der Waals surface area contributed by atoms with Crippen molar-refractivity contribution in [3.8, 4) is 0 Å². The van der Waals surface area contributed by atoms with Gasteiger partial charge in [0.2, 0.25) is 0 Å². The predicted molar refractivity (Wildman–Crippen MR) is 85.0 cm³/mol. The minimum atomic E-state index is 0.951. The van der Waals surface area contributed by atoms with Crippen molar-refractivity contribution in [3.63, 3.8) is 0 Å². The molecule has 2 nitrogen and oxygen atoms in total. The van der Waals surface area contributed by atoms with E-state index in [4.69, 9.17) is 4.42 Å². The predicted octanol–water partition coefficient (Wildman–Crippen LogP) is 4.84. The van der Waals surface area contributed by atoms with Gasteiger partial charge in [0.25, 0.3) is 0 Å². The molecule has 2 aromatic rings. The standard InChI is InChI=1S/C19H13NO/c1-2-6-14-13(5-1)9-11-20-12-10-16-15-7-3-4-8-17(15)21-19(16)18(14)20/h1-5,7-12H,6H2. The lowest BCUT2D eigenvalue weighted by atomic mass is 9.90. The molecular formula is C19H13NO. The molecule has 0 saturated carbocycles. The second-order valence-electron chi connectivity index (χ2n) is 5.46. The van der Waals surface area contributed by atoms with Crippen LogP contribution in [0.1, 0.15) is 17.7 Å². The highest BCUT2D eigenvalue weighted by Crippen LogP contribution is 2.43. The minimum absolute atomic E-state index is 0.951. The molecule has 3 heterocycles. The fourth-order valence-electron chi connectivity index (χ4n) is 3.30. The van der Waals surface area contributed by atoms with Crippen LogP contribution < -0.4 is 0 Å². The molecule has 0 N–H and O–H groups in total. The summed E-state index contributed by atoms with van der Waals surface area (Å²) in [6.45, 7) is 0. The molecule has 0 unspecified atom stereocenters. The average molecular weight is 271 g/mol. The number of benzene rings is 1. The average Bonchev–Trinajstić information content (AvgIpc) is 2.93. The molecule has 1 aromatic carbocycles. The summed E-state index contributed by atoms with van der Waals surface area (Å²) in [7, 11) is 0. The fourth-order valence-corrected chi connectivity index (χ4v) is 3.30. The maximum Gasteiger partial charge on any atom is 0.159 e. The number of fused-ring (bicyclic) bond motifs is 6. The van der Waals surface area contributed by atoms with E-state index in [1.165, 1.54) is 27.8 Å². The first kappa shape index (κ1) is 11.0. The van der Waals surface area contributed by atoms with Gasteiger partial charge < -0.3 is 9.32 Å². The first-order valence-corrected chi connectivity index (χ1v) is 7.19. The molecule has 1 aliphatic carbocycles. The monoisotopic (exact) mass is 271 g/mol. The molecule has 2 aliphatic heterocycles. The third-order valence-electron chi connectivity index (χ3n) is 4.29. The maximum atomic E-state index is 6.17. The van der Waals surface area contributed by atoms with Crippen molar-refractivity contribution in [1.29, 1.82) is 0 Å². The van der Waals surface area contributed by atoms with Gasteiger partial charge in [-0.05, 0) is 35.8 Å². The molecule has 0 bridgehead atoms. The summed E-state index contributed by atoms with van der Waals surface area (Å²) >= 11 is 0. The number of allylic oxidation sites excluding steroid dienone is 6. The largest absolute Gasteiger partial charge is 0.454 e. The van der Waals surface area contributed by atoms with Crippen LogP contribution in [-0.2, 0) is 0 Å². The number of hydrogen-bond donors (Lipinski definition) is 0. The van der Waals surface area contributed by atoms with E-state index in [1.54, 1.807) is 0 Å². The smallest absolute Gasteiger partial charge is 0.159 e. The number of nitrogens with zero attached hydrogens (tertiary/aromatic N) is 1. The molecule has 0 amide bonds. The van der Waals surface area contributed by atoms with Crippen LogP contribution in [0.25, 0.3) is 22.7 Å². The van der Waals surface area contributed by atoms with Crippen molar-refractivity contribution in [2.75, 3.05) is 0 Å². The van der Waals surface area contributed by atoms with E-state index in [0.29, 0.717) is 0 Å². The Bertz CT molecular complexity index is 918. The fraction of sp³-hybridized carbons (Fsp3) is 0.0526. The third kappa shape index (κ3) is 1.42. The van der Waals surface area contributed by atoms with Crippen LogP contribution in [0.4, 0.5) is 0 Å². The first-order chi connectivity index (χ1) is 10.4. The molecule has 0 fully saturated rings. The Balaban J connectivity index is 1.85. The van der Waals surface area contributed by atoms with Gasteiger partial charge in [-0.15, -0.1) is 0 Å². The Morgan fingerprint density at radius 1 is 1.05 bits per heavy atom. The van der Waals surface area contributed by atoms with E-state index in [1.807, 2.05) is 12.1 Å². The number of furan rings is 1. The second kappa shape index (κ2) is 3.89. The number of para-hydroxylation sites is 1. The molecule has 0 spiro atoms. The van der Waals surface area contributed by atoms with Gasteiger partial charge in [0.15, 0.2) is 5.76 Å². The van der Waals surface area contributed by atoms with Gasteiger partial charge >= 0.3 is 0 Å². The zero-order chi connectivity index (χ0) is 13.8. The van der Waals surface area contributed by atoms with Gasteiger partial charge in [0, 0.05) is 23.3 Å². The Hall–Kier alpha value is -2.74. The van der Waals surface area contributed by atoms with Crippen LogP contribution in [0, 0.1) is 0 Å². The zero-order valence-electron chi connectivity index (χ0n) is 11.4. The molecule has 21 heavy (non-hydrogen) atoms. The summed E-state index contributed by atoms with van der Waals surface area (Å²) in [6.07, 6.45) is 16.0. The second-order valence-corrected chi connectivity index (χ2v) is 5.46. The maximum absolute atomic E-state index is 6.17. The lowest BCUT2D eigenvalue weighted by molar-refractivity contribution is 0.562. The highest BCUT2D eigenvalue weighted by molar-refractivity contribution is 5.95. The van der Waals surface area contributed by atoms with E-state index < -0.39 is 0 Å². The molecule has 5 rings (SSSR count). The van der Waals surface area contributed by atoms with Crippen molar-refractivity contribution in [1.82, 2.24) is 4.90 Å². The van der Waals surface area contributed by atoms with E-state index in [-0.39, 0.29) is 0 Å². The molecule has 0 radical (unpaired) electrons. The number of rotatable bonds is 0. The molecular weight excluding hydrogens is 258 g/mol. The quantitative estimate of drug-likeness (QED) is 0.681. The van der Waals surface area contributed by atoms with Crippen LogP contribution in [0.5, 0.6) is 0 Å². The van der Waals surface area contributed by atoms with Gasteiger partial charge in [0.05, 0.1) is 5.70 Å². The molecule has 3 aliphatic rings. The Morgan fingerprint density at radius 3 is 2.95 bits per heavy atom. The van der Waals surface area contributed by atoms with Crippen LogP contribution in [0.3, 0.4) is 0 Å². The zero-order valence-corrected chi connectivity index (χ0v) is 11.4. The number of hydrogen-bond acceptors (Lipinski definition) is 2. The molecule has 2 heteroatoms. The summed E-state index contributed by atoms with van der Waals surface area (Å²) in [5, 5.41) is 1.18. The lowest BCUT2D eigenvalue weighted by Gasteiger charge is -2.30. The molecule has 1 aromatic heterocycles. The molecule has 100 valence electrons. The van der Waals surface area contributed by atoms with E-state index in [2.05, 4.69) is 59.8 Å². The summed E-state index contributed by atoms with van der Waals surface area (Å²) < 4.78 is 6.17. The molecule has 0 atom stereocenters. The van der Waals surface area contributed by atoms with Crippen molar-refractivity contribution < 1.29 is 4.42 Å². The van der Waals surface area contributed by atoms with Crippen LogP contribution in [0.15, 0.2) is 76.5 Å². The van der Waals surface area contributed by atoms with Crippen LogP contribution in [-0.4, -0.2) is 4.90 Å². The Morgan fingerprint density at radius 2 is 1.95 bits per heavy atom. The lowest BCUT2D eigenvalue weighted by Crippen LogP contribution is -2.18. The van der Waals surface area contributed by atoms with Crippen molar-refractivity contribution >= 4 is 22.7 Å². The summed E-state index contributed by atoms with van der Waals surface area (Å²) in [4.78, 5) is 2.16. The van der Waals surface area contributed by atoms with Gasteiger partial charge in [-0.1, -0.05) is 36.4 Å². The first-order valence-electron chi connectivity index (χ1n) is 7.19. The van der Waals surface area contributed by atoms with Crippen molar-refractivity contribution in [3.05, 3.63) is 83.4 Å². The van der Waals surface area contributed by atoms with Crippen molar-refractivity contribution in [2.45, 2.75) is 6.42 Å². The van der Waals surface area contributed by atoms with E-state index >= 15 is 0 Å². The molecule has 0 saturated heterocycles. The van der Waals surface area contributed by atoms with Gasteiger partial charge in [-0.25, -0.2) is 0 Å². The van der Waals surface area contributed by atoms with E-state index in [0.717, 1.165) is 17.8 Å².